The molecule has 2 heterocycles. The second kappa shape index (κ2) is 10.9. The van der Waals surface area contributed by atoms with Gasteiger partial charge in [0.05, 0.1) is 7.11 Å². The van der Waals surface area contributed by atoms with E-state index in [0.29, 0.717) is 42.3 Å². The van der Waals surface area contributed by atoms with Crippen LogP contribution in [-0.4, -0.2) is 61.0 Å². The van der Waals surface area contributed by atoms with Gasteiger partial charge in [-0.15, -0.1) is 0 Å². The number of hydrogen-bond donors (Lipinski definition) is 0. The van der Waals surface area contributed by atoms with Crippen molar-refractivity contribution in [3.8, 4) is 11.5 Å². The van der Waals surface area contributed by atoms with E-state index >= 15 is 0 Å². The van der Waals surface area contributed by atoms with Crippen molar-refractivity contribution in [2.75, 3.05) is 33.3 Å². The van der Waals surface area contributed by atoms with Gasteiger partial charge < -0.3 is 19.3 Å². The molecular weight excluding hydrogens is 440 g/mol. The van der Waals surface area contributed by atoms with Crippen LogP contribution in [0.3, 0.4) is 0 Å². The molecule has 2 aromatic rings. The van der Waals surface area contributed by atoms with Crippen LogP contribution in [0.5, 0.6) is 11.5 Å². The van der Waals surface area contributed by atoms with Crippen molar-refractivity contribution in [3.63, 3.8) is 0 Å². The summed E-state index contributed by atoms with van der Waals surface area (Å²) in [6.07, 6.45) is 4.19. The molecule has 2 aliphatic rings. The molecule has 2 aromatic carbocycles. The second-order valence-corrected chi connectivity index (χ2v) is 9.22. The summed E-state index contributed by atoms with van der Waals surface area (Å²) in [7, 11) is 1.59. The van der Waals surface area contributed by atoms with Gasteiger partial charge in [0.15, 0.2) is 0 Å². The van der Waals surface area contributed by atoms with Crippen LogP contribution < -0.4 is 9.47 Å². The molecule has 2 saturated heterocycles. The number of carbonyl (C=O) groups is 2. The van der Waals surface area contributed by atoms with Gasteiger partial charge >= 0.3 is 0 Å². The highest BCUT2D eigenvalue weighted by Gasteiger charge is 2.36. The van der Waals surface area contributed by atoms with Crippen molar-refractivity contribution in [2.24, 2.45) is 5.92 Å². The SMILES string of the molecule is COc1cccc(C(=O)N2CC[C@H](Oc3ccc(Cl)cc3)[C@@H](CC(=O)N3CCCCC3)C2)c1. The summed E-state index contributed by atoms with van der Waals surface area (Å²) in [6.45, 7) is 2.69. The molecular formula is C26H31ClN2O4. The minimum atomic E-state index is -0.144. The molecule has 0 bridgehead atoms. The first-order valence-corrected chi connectivity index (χ1v) is 12.0. The highest BCUT2D eigenvalue weighted by molar-refractivity contribution is 6.30. The zero-order chi connectivity index (χ0) is 23.2. The van der Waals surface area contributed by atoms with Crippen LogP contribution in [0.2, 0.25) is 5.02 Å². The van der Waals surface area contributed by atoms with Gasteiger partial charge in [-0.3, -0.25) is 9.59 Å². The van der Waals surface area contributed by atoms with Gasteiger partial charge in [0.25, 0.3) is 5.91 Å². The molecule has 2 atom stereocenters. The Balaban J connectivity index is 1.49. The van der Waals surface area contributed by atoms with Crippen molar-refractivity contribution < 1.29 is 19.1 Å². The van der Waals surface area contributed by atoms with Crippen LogP contribution in [0.25, 0.3) is 0 Å². The lowest BCUT2D eigenvalue weighted by Crippen LogP contribution is -2.49. The molecule has 0 radical (unpaired) electrons. The zero-order valence-corrected chi connectivity index (χ0v) is 19.8. The van der Waals surface area contributed by atoms with Gasteiger partial charge in [0.1, 0.15) is 17.6 Å². The van der Waals surface area contributed by atoms with Crippen LogP contribution in [0.4, 0.5) is 0 Å². The second-order valence-electron chi connectivity index (χ2n) is 8.79. The van der Waals surface area contributed by atoms with Crippen LogP contribution >= 0.6 is 11.6 Å². The van der Waals surface area contributed by atoms with Crippen LogP contribution in [0.15, 0.2) is 48.5 Å². The van der Waals surface area contributed by atoms with Gasteiger partial charge in [-0.1, -0.05) is 17.7 Å². The summed E-state index contributed by atoms with van der Waals surface area (Å²) in [5.41, 5.74) is 0.590. The number of rotatable bonds is 6. The Morgan fingerprint density at radius 2 is 1.73 bits per heavy atom. The number of halogens is 1. The average molecular weight is 471 g/mol. The van der Waals surface area contributed by atoms with E-state index in [9.17, 15) is 9.59 Å². The maximum Gasteiger partial charge on any atom is 0.254 e. The molecule has 0 aliphatic carbocycles. The van der Waals surface area contributed by atoms with Gasteiger partial charge in [0.2, 0.25) is 5.91 Å². The highest BCUT2D eigenvalue weighted by Crippen LogP contribution is 2.29. The Morgan fingerprint density at radius 1 is 0.970 bits per heavy atom. The number of methoxy groups -OCH3 is 1. The topological polar surface area (TPSA) is 59.1 Å². The fourth-order valence-electron chi connectivity index (χ4n) is 4.67. The minimum absolute atomic E-state index is 0.0470. The predicted molar refractivity (Wildman–Crippen MR) is 128 cm³/mol. The number of amides is 2. The molecule has 0 spiro atoms. The quantitative estimate of drug-likeness (QED) is 0.616. The van der Waals surface area contributed by atoms with Crippen LogP contribution in [0, 0.1) is 5.92 Å². The molecule has 33 heavy (non-hydrogen) atoms. The zero-order valence-electron chi connectivity index (χ0n) is 19.0. The summed E-state index contributed by atoms with van der Waals surface area (Å²) in [5, 5.41) is 0.651. The number of likely N-dealkylation sites (tertiary alicyclic amines) is 2. The first-order chi connectivity index (χ1) is 16.0. The molecule has 176 valence electrons. The van der Waals surface area contributed by atoms with E-state index in [1.165, 1.54) is 6.42 Å². The summed E-state index contributed by atoms with van der Waals surface area (Å²) in [6, 6.07) is 14.5. The van der Waals surface area contributed by atoms with E-state index in [1.807, 2.05) is 34.1 Å². The lowest BCUT2D eigenvalue weighted by atomic mass is 9.90. The minimum Gasteiger partial charge on any atom is -0.497 e. The molecule has 7 heteroatoms. The number of ether oxygens (including phenoxy) is 2. The maximum absolute atomic E-state index is 13.2. The van der Waals surface area contributed by atoms with E-state index in [1.54, 1.807) is 31.4 Å². The molecule has 0 unspecified atom stereocenters. The van der Waals surface area contributed by atoms with E-state index in [4.69, 9.17) is 21.1 Å². The van der Waals surface area contributed by atoms with E-state index in [0.717, 1.165) is 31.7 Å². The van der Waals surface area contributed by atoms with Gasteiger partial charge in [-0.2, -0.15) is 0 Å². The number of carbonyl (C=O) groups excluding carboxylic acids is 2. The number of nitrogens with zero attached hydrogens (tertiary/aromatic N) is 2. The molecule has 2 aliphatic heterocycles. The lowest BCUT2D eigenvalue weighted by Gasteiger charge is -2.39. The molecule has 0 aromatic heterocycles. The number of piperidine rings is 2. The highest BCUT2D eigenvalue weighted by atomic mass is 35.5. The monoisotopic (exact) mass is 470 g/mol. The maximum atomic E-state index is 13.2. The third kappa shape index (κ3) is 5.99. The van der Waals surface area contributed by atoms with Crippen molar-refractivity contribution in [1.82, 2.24) is 9.80 Å². The molecule has 0 N–H and O–H groups in total. The van der Waals surface area contributed by atoms with Crippen molar-refractivity contribution >= 4 is 23.4 Å². The number of benzene rings is 2. The first kappa shape index (κ1) is 23.4. The Morgan fingerprint density at radius 3 is 2.45 bits per heavy atom. The normalized spacial score (nSPS) is 20.9. The summed E-state index contributed by atoms with van der Waals surface area (Å²) < 4.78 is 11.6. The van der Waals surface area contributed by atoms with E-state index in [-0.39, 0.29) is 23.8 Å². The van der Waals surface area contributed by atoms with E-state index < -0.39 is 0 Å². The fourth-order valence-corrected chi connectivity index (χ4v) is 4.80. The Bertz CT molecular complexity index is 959. The Hall–Kier alpha value is -2.73. The molecule has 4 rings (SSSR count). The van der Waals surface area contributed by atoms with Crippen LogP contribution in [-0.2, 0) is 4.79 Å². The standard InChI is InChI=1S/C26H31ClN2O4/c1-32-23-7-5-6-19(16-23)26(31)29-15-12-24(33-22-10-8-21(27)9-11-22)20(18-29)17-25(30)28-13-3-2-4-14-28/h5-11,16,20,24H,2-4,12-15,17-18H2,1H3/t20-,24-/m0/s1. The van der Waals surface area contributed by atoms with Crippen LogP contribution in [0.1, 0.15) is 42.5 Å². The largest absolute Gasteiger partial charge is 0.497 e. The lowest BCUT2D eigenvalue weighted by molar-refractivity contribution is -0.134. The first-order valence-electron chi connectivity index (χ1n) is 11.7. The summed E-state index contributed by atoms with van der Waals surface area (Å²) in [4.78, 5) is 30.1. The summed E-state index contributed by atoms with van der Waals surface area (Å²) in [5.74, 6) is 1.40. The fraction of sp³-hybridized carbons (Fsp3) is 0.462. The van der Waals surface area contributed by atoms with Gasteiger partial charge in [-0.25, -0.2) is 0 Å². The van der Waals surface area contributed by atoms with Gasteiger partial charge in [-0.05, 0) is 61.7 Å². The average Bonchev–Trinajstić information content (AvgIpc) is 2.86. The molecule has 2 amide bonds. The van der Waals surface area contributed by atoms with Gasteiger partial charge in [0, 0.05) is 55.5 Å². The van der Waals surface area contributed by atoms with Crippen molar-refractivity contribution in [3.05, 3.63) is 59.1 Å². The summed E-state index contributed by atoms with van der Waals surface area (Å²) >= 11 is 6.01. The third-order valence-corrected chi connectivity index (χ3v) is 6.77. The Kier molecular flexibility index (Phi) is 7.76. The number of hydrogen-bond acceptors (Lipinski definition) is 4. The smallest absolute Gasteiger partial charge is 0.254 e. The molecule has 2 fully saturated rings. The molecule has 6 nitrogen and oxygen atoms in total. The van der Waals surface area contributed by atoms with E-state index in [2.05, 4.69) is 0 Å². The van der Waals surface area contributed by atoms with Crippen molar-refractivity contribution in [2.45, 2.75) is 38.2 Å². The molecule has 0 saturated carbocycles. The third-order valence-electron chi connectivity index (χ3n) is 6.51. The van der Waals surface area contributed by atoms with Crippen molar-refractivity contribution in [1.29, 1.82) is 0 Å². The predicted octanol–water partition coefficient (Wildman–Crippen LogP) is 4.66. The Labute approximate surface area is 200 Å².